The van der Waals surface area contributed by atoms with Gasteiger partial charge in [-0.05, 0) is 18.9 Å². The van der Waals surface area contributed by atoms with Gasteiger partial charge in [-0.1, -0.05) is 0 Å². The number of rotatable bonds is 9. The van der Waals surface area contributed by atoms with Crippen LogP contribution in [0, 0.1) is 0 Å². The van der Waals surface area contributed by atoms with Gasteiger partial charge in [0.25, 0.3) is 0 Å². The van der Waals surface area contributed by atoms with Crippen LogP contribution in [0.1, 0.15) is 48.6 Å². The molecule has 0 radical (unpaired) electrons. The van der Waals surface area contributed by atoms with Crippen molar-refractivity contribution < 1.29 is 34.8 Å². The molecule has 0 spiro atoms. The average Bonchev–Trinajstić information content (AvgIpc) is 3.15. The van der Waals surface area contributed by atoms with Crippen LogP contribution < -0.4 is 0 Å². The third kappa shape index (κ3) is 4.54. The normalized spacial score (nSPS) is 23.8. The highest BCUT2D eigenvalue weighted by molar-refractivity contribution is 5.67. The number of carboxylic acids is 2. The van der Waals surface area contributed by atoms with E-state index in [4.69, 9.17) is 14.9 Å². The number of carboxylic acid groups (broad SMARTS) is 2. The van der Waals surface area contributed by atoms with Gasteiger partial charge in [0.05, 0.1) is 6.61 Å². The SMILES string of the molecule is O=C(O)CCCN1C=Cc2c(c(C3OCC(O)C3O)cn2CCCC(=O)O)C1. The topological polar surface area (TPSA) is 132 Å². The van der Waals surface area contributed by atoms with E-state index in [9.17, 15) is 19.8 Å². The van der Waals surface area contributed by atoms with Crippen molar-refractivity contribution in [3.63, 3.8) is 0 Å². The van der Waals surface area contributed by atoms with Gasteiger partial charge in [-0.3, -0.25) is 9.59 Å². The van der Waals surface area contributed by atoms with E-state index in [2.05, 4.69) is 0 Å². The van der Waals surface area contributed by atoms with Gasteiger partial charge >= 0.3 is 11.9 Å². The Labute approximate surface area is 162 Å². The van der Waals surface area contributed by atoms with Crippen LogP contribution in [0.3, 0.4) is 0 Å². The van der Waals surface area contributed by atoms with Crippen LogP contribution in [0.15, 0.2) is 12.4 Å². The molecule has 1 aromatic heterocycles. The van der Waals surface area contributed by atoms with E-state index in [-0.39, 0.29) is 19.4 Å². The van der Waals surface area contributed by atoms with Crippen molar-refractivity contribution in [3.05, 3.63) is 29.2 Å². The zero-order chi connectivity index (χ0) is 20.3. The molecule has 0 bridgehead atoms. The number of hydrogen-bond donors (Lipinski definition) is 4. The third-order valence-corrected chi connectivity index (χ3v) is 5.15. The minimum Gasteiger partial charge on any atom is -0.481 e. The number of hydrogen-bond acceptors (Lipinski definition) is 6. The van der Waals surface area contributed by atoms with Crippen molar-refractivity contribution >= 4 is 18.0 Å². The zero-order valence-electron chi connectivity index (χ0n) is 15.5. The van der Waals surface area contributed by atoms with E-state index < -0.39 is 30.3 Å². The Morgan fingerprint density at radius 3 is 2.39 bits per heavy atom. The van der Waals surface area contributed by atoms with Crippen molar-refractivity contribution in [2.45, 2.75) is 57.1 Å². The maximum absolute atomic E-state index is 10.8. The molecule has 9 heteroatoms. The smallest absolute Gasteiger partial charge is 0.303 e. The Balaban J connectivity index is 1.80. The summed E-state index contributed by atoms with van der Waals surface area (Å²) in [5, 5.41) is 37.8. The fourth-order valence-electron chi connectivity index (χ4n) is 3.73. The quantitative estimate of drug-likeness (QED) is 0.483. The first kappa shape index (κ1) is 20.4. The molecule has 0 amide bonds. The molecule has 0 aromatic carbocycles. The lowest BCUT2D eigenvalue weighted by atomic mass is 9.99. The summed E-state index contributed by atoms with van der Waals surface area (Å²) in [7, 11) is 0. The zero-order valence-corrected chi connectivity index (χ0v) is 15.5. The minimum atomic E-state index is -1.02. The highest BCUT2D eigenvalue weighted by Gasteiger charge is 2.38. The summed E-state index contributed by atoms with van der Waals surface area (Å²) >= 11 is 0. The number of fused-ring (bicyclic) bond motifs is 1. The molecule has 0 saturated carbocycles. The molecule has 154 valence electrons. The van der Waals surface area contributed by atoms with Gasteiger partial charge in [0.2, 0.25) is 0 Å². The summed E-state index contributed by atoms with van der Waals surface area (Å²) < 4.78 is 7.56. The van der Waals surface area contributed by atoms with Gasteiger partial charge < -0.3 is 34.6 Å². The van der Waals surface area contributed by atoms with Crippen molar-refractivity contribution in [2.24, 2.45) is 0 Å². The molecule has 9 nitrogen and oxygen atoms in total. The van der Waals surface area contributed by atoms with Crippen LogP contribution in [0.2, 0.25) is 0 Å². The Bertz CT molecular complexity index is 758. The van der Waals surface area contributed by atoms with E-state index in [0.717, 1.165) is 16.8 Å². The Morgan fingerprint density at radius 1 is 1.11 bits per heavy atom. The summed E-state index contributed by atoms with van der Waals surface area (Å²) in [6, 6.07) is 0. The molecule has 3 rings (SSSR count). The fraction of sp³-hybridized carbons (Fsp3) is 0.579. The lowest BCUT2D eigenvalue weighted by molar-refractivity contribution is -0.138. The number of nitrogens with zero attached hydrogens (tertiary/aromatic N) is 2. The van der Waals surface area contributed by atoms with E-state index in [1.807, 2.05) is 27.9 Å². The lowest BCUT2D eigenvalue weighted by Gasteiger charge is -2.26. The number of aliphatic hydroxyl groups excluding tert-OH is 2. The van der Waals surface area contributed by atoms with Crippen LogP contribution >= 0.6 is 0 Å². The molecule has 28 heavy (non-hydrogen) atoms. The number of aromatic nitrogens is 1. The van der Waals surface area contributed by atoms with Gasteiger partial charge in [-0.25, -0.2) is 0 Å². The second-order valence-corrected chi connectivity index (χ2v) is 7.23. The predicted molar refractivity (Wildman–Crippen MR) is 98.3 cm³/mol. The molecular weight excluding hydrogens is 368 g/mol. The second kappa shape index (κ2) is 8.76. The van der Waals surface area contributed by atoms with E-state index in [1.54, 1.807) is 0 Å². The number of ether oxygens (including phenoxy) is 1. The molecule has 0 aliphatic carbocycles. The van der Waals surface area contributed by atoms with Crippen molar-refractivity contribution in [1.29, 1.82) is 0 Å². The summed E-state index contributed by atoms with van der Waals surface area (Å²) in [6.07, 6.45) is 4.23. The molecule has 4 N–H and O–H groups in total. The first-order chi connectivity index (χ1) is 13.4. The molecule has 1 saturated heterocycles. The monoisotopic (exact) mass is 394 g/mol. The van der Waals surface area contributed by atoms with Crippen LogP contribution in [0.4, 0.5) is 0 Å². The average molecular weight is 394 g/mol. The highest BCUT2D eigenvalue weighted by Crippen LogP contribution is 2.36. The molecular formula is C19H26N2O7. The van der Waals surface area contributed by atoms with Crippen LogP contribution in [-0.2, 0) is 27.4 Å². The first-order valence-electron chi connectivity index (χ1n) is 9.42. The summed E-state index contributed by atoms with van der Waals surface area (Å²) in [6.45, 7) is 1.70. The minimum absolute atomic E-state index is 0.0585. The maximum Gasteiger partial charge on any atom is 0.303 e. The standard InChI is InChI=1S/C19H26N2O7/c22-15-11-28-19(18(15)27)13-10-21(7-2-4-17(25)26)14-5-8-20(9-12(13)14)6-1-3-16(23)24/h5,8,10,15,18-19,22,27H,1-4,6-7,9,11H2,(H,23,24)(H,25,26). The largest absolute Gasteiger partial charge is 0.481 e. The molecule has 1 fully saturated rings. The number of aliphatic carboxylic acids is 2. The molecule has 3 heterocycles. The molecule has 3 atom stereocenters. The third-order valence-electron chi connectivity index (χ3n) is 5.15. The van der Waals surface area contributed by atoms with Gasteiger partial charge in [0.1, 0.15) is 18.3 Å². The van der Waals surface area contributed by atoms with Gasteiger partial charge in [0.15, 0.2) is 0 Å². The Kier molecular flexibility index (Phi) is 6.38. The molecule has 2 aliphatic rings. The van der Waals surface area contributed by atoms with E-state index in [1.165, 1.54) is 0 Å². The van der Waals surface area contributed by atoms with Crippen LogP contribution in [-0.4, -0.2) is 67.2 Å². The van der Waals surface area contributed by atoms with Crippen LogP contribution in [0.25, 0.3) is 6.08 Å². The summed E-state index contributed by atoms with van der Waals surface area (Å²) in [5.41, 5.74) is 2.65. The van der Waals surface area contributed by atoms with Gasteiger partial charge in [0, 0.05) is 61.7 Å². The second-order valence-electron chi connectivity index (χ2n) is 7.23. The van der Waals surface area contributed by atoms with E-state index >= 15 is 0 Å². The van der Waals surface area contributed by atoms with Crippen molar-refractivity contribution in [2.75, 3.05) is 13.2 Å². The molecule has 3 unspecified atom stereocenters. The summed E-state index contributed by atoms with van der Waals surface area (Å²) in [4.78, 5) is 23.6. The number of aliphatic hydroxyl groups is 2. The Hall–Kier alpha value is -2.36. The predicted octanol–water partition coefficient (Wildman–Crippen LogP) is 0.797. The number of aryl methyl sites for hydroxylation is 1. The van der Waals surface area contributed by atoms with E-state index in [0.29, 0.717) is 32.5 Å². The van der Waals surface area contributed by atoms with Gasteiger partial charge in [-0.15, -0.1) is 0 Å². The maximum atomic E-state index is 10.8. The van der Waals surface area contributed by atoms with Crippen molar-refractivity contribution in [3.8, 4) is 0 Å². The van der Waals surface area contributed by atoms with Gasteiger partial charge in [-0.2, -0.15) is 0 Å². The van der Waals surface area contributed by atoms with Crippen LogP contribution in [0.5, 0.6) is 0 Å². The number of carbonyl (C=O) groups is 2. The van der Waals surface area contributed by atoms with Crippen molar-refractivity contribution in [1.82, 2.24) is 9.47 Å². The fourth-order valence-corrected chi connectivity index (χ4v) is 3.73. The lowest BCUT2D eigenvalue weighted by Crippen LogP contribution is -2.27. The Morgan fingerprint density at radius 2 is 1.79 bits per heavy atom. The first-order valence-corrected chi connectivity index (χ1v) is 9.42. The molecule has 1 aromatic rings. The molecule has 2 aliphatic heterocycles. The highest BCUT2D eigenvalue weighted by atomic mass is 16.5. The summed E-state index contributed by atoms with van der Waals surface area (Å²) in [5.74, 6) is -1.68.